The van der Waals surface area contributed by atoms with Crippen molar-refractivity contribution < 1.29 is 4.79 Å². The molecule has 2 amide bonds. The van der Waals surface area contributed by atoms with Crippen molar-refractivity contribution in [2.45, 2.75) is 32.9 Å². The number of anilines is 2. The molecular formula is C17H23N5O. The van der Waals surface area contributed by atoms with Crippen LogP contribution < -0.4 is 15.5 Å². The van der Waals surface area contributed by atoms with Gasteiger partial charge in [-0.05, 0) is 31.9 Å². The molecule has 2 heterocycles. The maximum atomic E-state index is 12.0. The van der Waals surface area contributed by atoms with Crippen LogP contribution in [0, 0.1) is 0 Å². The average Bonchev–Trinajstić information content (AvgIpc) is 3.19. The number of benzene rings is 1. The van der Waals surface area contributed by atoms with E-state index in [1.54, 1.807) is 10.9 Å². The molecular weight excluding hydrogens is 290 g/mol. The van der Waals surface area contributed by atoms with Gasteiger partial charge in [-0.3, -0.25) is 4.68 Å². The second-order valence-electron chi connectivity index (χ2n) is 5.84. The fraction of sp³-hybridized carbons (Fsp3) is 0.412. The largest absolute Gasteiger partial charge is 0.366 e. The maximum absolute atomic E-state index is 12.0. The first kappa shape index (κ1) is 15.4. The van der Waals surface area contributed by atoms with Gasteiger partial charge in [-0.25, -0.2) is 4.79 Å². The van der Waals surface area contributed by atoms with E-state index < -0.39 is 0 Å². The van der Waals surface area contributed by atoms with Crippen LogP contribution in [0.4, 0.5) is 16.2 Å². The summed E-state index contributed by atoms with van der Waals surface area (Å²) in [5.41, 5.74) is 3.38. The molecule has 0 bridgehead atoms. The second kappa shape index (κ2) is 6.73. The SMILES string of the molecule is CCn1cc(NC(=O)NC[C@@H](C)N2CCc3ccccc32)cn1. The summed E-state index contributed by atoms with van der Waals surface area (Å²) in [4.78, 5) is 14.3. The predicted octanol–water partition coefficient (Wildman–Crippen LogP) is 2.48. The van der Waals surface area contributed by atoms with Crippen molar-refractivity contribution in [3.8, 4) is 0 Å². The smallest absolute Gasteiger partial charge is 0.319 e. The first-order valence-electron chi connectivity index (χ1n) is 8.09. The Morgan fingerprint density at radius 3 is 3.00 bits per heavy atom. The number of rotatable bonds is 5. The molecule has 2 N–H and O–H groups in total. The van der Waals surface area contributed by atoms with Crippen molar-refractivity contribution in [2.24, 2.45) is 0 Å². The van der Waals surface area contributed by atoms with Crippen molar-refractivity contribution in [3.05, 3.63) is 42.2 Å². The van der Waals surface area contributed by atoms with Crippen molar-refractivity contribution in [1.29, 1.82) is 0 Å². The number of nitrogens with one attached hydrogen (secondary N) is 2. The lowest BCUT2D eigenvalue weighted by molar-refractivity contribution is 0.251. The van der Waals surface area contributed by atoms with E-state index in [1.807, 2.05) is 13.1 Å². The molecule has 3 rings (SSSR count). The predicted molar refractivity (Wildman–Crippen MR) is 91.9 cm³/mol. The fourth-order valence-corrected chi connectivity index (χ4v) is 2.95. The molecule has 1 atom stereocenters. The van der Waals surface area contributed by atoms with Gasteiger partial charge in [-0.1, -0.05) is 18.2 Å². The summed E-state index contributed by atoms with van der Waals surface area (Å²) in [5.74, 6) is 0. The third-order valence-electron chi connectivity index (χ3n) is 4.23. The summed E-state index contributed by atoms with van der Waals surface area (Å²) >= 11 is 0. The molecule has 6 heteroatoms. The van der Waals surface area contributed by atoms with Crippen molar-refractivity contribution >= 4 is 17.4 Å². The van der Waals surface area contributed by atoms with Crippen LogP contribution >= 0.6 is 0 Å². The number of aromatic nitrogens is 2. The zero-order valence-corrected chi connectivity index (χ0v) is 13.6. The number of hydrogen-bond donors (Lipinski definition) is 2. The molecule has 0 radical (unpaired) electrons. The Bertz CT molecular complexity index is 681. The summed E-state index contributed by atoms with van der Waals surface area (Å²) in [5, 5.41) is 9.88. The number of carbonyl (C=O) groups is 1. The van der Waals surface area contributed by atoms with Gasteiger partial charge in [0.15, 0.2) is 0 Å². The maximum Gasteiger partial charge on any atom is 0.319 e. The molecule has 0 aliphatic carbocycles. The Balaban J connectivity index is 1.51. The molecule has 122 valence electrons. The van der Waals surface area contributed by atoms with E-state index >= 15 is 0 Å². The molecule has 0 saturated heterocycles. The molecule has 23 heavy (non-hydrogen) atoms. The van der Waals surface area contributed by atoms with Gasteiger partial charge in [-0.15, -0.1) is 0 Å². The third kappa shape index (κ3) is 3.47. The zero-order chi connectivity index (χ0) is 16.2. The normalized spacial score (nSPS) is 14.4. The van der Waals surface area contributed by atoms with E-state index in [4.69, 9.17) is 0 Å². The van der Waals surface area contributed by atoms with Crippen LogP contribution in [0.15, 0.2) is 36.7 Å². The number of hydrogen-bond acceptors (Lipinski definition) is 3. The molecule has 6 nitrogen and oxygen atoms in total. The minimum Gasteiger partial charge on any atom is -0.366 e. The van der Waals surface area contributed by atoms with Crippen molar-refractivity contribution in [3.63, 3.8) is 0 Å². The molecule has 0 spiro atoms. The van der Waals surface area contributed by atoms with Crippen LogP contribution in [-0.2, 0) is 13.0 Å². The first-order chi connectivity index (χ1) is 11.2. The van der Waals surface area contributed by atoms with Gasteiger partial charge in [-0.2, -0.15) is 5.10 Å². The zero-order valence-electron chi connectivity index (χ0n) is 13.6. The van der Waals surface area contributed by atoms with Crippen LogP contribution in [-0.4, -0.2) is 34.9 Å². The van der Waals surface area contributed by atoms with E-state index in [2.05, 4.69) is 51.8 Å². The molecule has 1 aliphatic rings. The Hall–Kier alpha value is -2.50. The van der Waals surface area contributed by atoms with E-state index in [0.717, 1.165) is 19.5 Å². The standard InChI is InChI=1S/C17H23N5O/c1-3-21-12-15(11-19-21)20-17(23)18-10-13(2)22-9-8-14-6-4-5-7-16(14)22/h4-7,11-13H,3,8-10H2,1-2H3,(H2,18,20,23)/t13-/m1/s1. The molecule has 2 aromatic rings. The first-order valence-corrected chi connectivity index (χ1v) is 8.09. The number of fused-ring (bicyclic) bond motifs is 1. The van der Waals surface area contributed by atoms with Gasteiger partial charge in [0.1, 0.15) is 0 Å². The number of amides is 2. The second-order valence-corrected chi connectivity index (χ2v) is 5.84. The monoisotopic (exact) mass is 313 g/mol. The molecule has 1 aromatic heterocycles. The lowest BCUT2D eigenvalue weighted by atomic mass is 10.2. The molecule has 0 saturated carbocycles. The lowest BCUT2D eigenvalue weighted by Gasteiger charge is -2.27. The summed E-state index contributed by atoms with van der Waals surface area (Å²) in [6.07, 6.45) is 4.55. The Morgan fingerprint density at radius 1 is 1.39 bits per heavy atom. The van der Waals surface area contributed by atoms with Crippen LogP contribution in [0.1, 0.15) is 19.4 Å². The van der Waals surface area contributed by atoms with Gasteiger partial charge < -0.3 is 15.5 Å². The van der Waals surface area contributed by atoms with E-state index in [1.165, 1.54) is 11.3 Å². The Kier molecular flexibility index (Phi) is 4.50. The molecule has 1 aromatic carbocycles. The van der Waals surface area contributed by atoms with Gasteiger partial charge in [0.05, 0.1) is 11.9 Å². The molecule has 1 aliphatic heterocycles. The van der Waals surface area contributed by atoms with Crippen LogP contribution in [0.2, 0.25) is 0 Å². The van der Waals surface area contributed by atoms with E-state index in [0.29, 0.717) is 12.2 Å². The minimum atomic E-state index is -0.194. The van der Waals surface area contributed by atoms with Crippen molar-refractivity contribution in [2.75, 3.05) is 23.3 Å². The third-order valence-corrected chi connectivity index (χ3v) is 4.23. The quantitative estimate of drug-likeness (QED) is 0.891. The number of nitrogens with zero attached hydrogens (tertiary/aromatic N) is 3. The fourth-order valence-electron chi connectivity index (χ4n) is 2.95. The van der Waals surface area contributed by atoms with Crippen molar-refractivity contribution in [1.82, 2.24) is 15.1 Å². The molecule has 0 unspecified atom stereocenters. The van der Waals surface area contributed by atoms with Crippen LogP contribution in [0.5, 0.6) is 0 Å². The number of para-hydroxylation sites is 1. The number of carbonyl (C=O) groups excluding carboxylic acids is 1. The highest BCUT2D eigenvalue weighted by Gasteiger charge is 2.23. The topological polar surface area (TPSA) is 62.2 Å². The van der Waals surface area contributed by atoms with Crippen LogP contribution in [0.3, 0.4) is 0 Å². The van der Waals surface area contributed by atoms with Gasteiger partial charge in [0.2, 0.25) is 0 Å². The molecule has 0 fully saturated rings. The average molecular weight is 313 g/mol. The summed E-state index contributed by atoms with van der Waals surface area (Å²) in [7, 11) is 0. The number of aryl methyl sites for hydroxylation is 1. The highest BCUT2D eigenvalue weighted by molar-refractivity contribution is 5.88. The van der Waals surface area contributed by atoms with Gasteiger partial charge in [0.25, 0.3) is 0 Å². The van der Waals surface area contributed by atoms with Gasteiger partial charge in [0, 0.05) is 37.6 Å². The highest BCUT2D eigenvalue weighted by atomic mass is 16.2. The van der Waals surface area contributed by atoms with E-state index in [9.17, 15) is 4.79 Å². The highest BCUT2D eigenvalue weighted by Crippen LogP contribution is 2.28. The van der Waals surface area contributed by atoms with E-state index in [-0.39, 0.29) is 12.1 Å². The summed E-state index contributed by atoms with van der Waals surface area (Å²) in [6, 6.07) is 8.53. The Morgan fingerprint density at radius 2 is 2.22 bits per heavy atom. The summed E-state index contributed by atoms with van der Waals surface area (Å²) in [6.45, 7) is 6.54. The lowest BCUT2D eigenvalue weighted by Crippen LogP contribution is -2.42. The number of urea groups is 1. The minimum absolute atomic E-state index is 0.194. The summed E-state index contributed by atoms with van der Waals surface area (Å²) < 4.78 is 1.78. The Labute approximate surface area is 136 Å². The van der Waals surface area contributed by atoms with Crippen LogP contribution in [0.25, 0.3) is 0 Å². The van der Waals surface area contributed by atoms with Gasteiger partial charge >= 0.3 is 6.03 Å².